The van der Waals surface area contributed by atoms with Gasteiger partial charge in [-0.1, -0.05) is 87.5 Å². The second-order valence-electron chi connectivity index (χ2n) is 8.12. The fraction of sp³-hybridized carbons (Fsp3) is 0.240. The number of rotatable bonds is 5. The fourth-order valence-corrected chi connectivity index (χ4v) is 6.28. The molecule has 0 spiro atoms. The maximum atomic E-state index is 14.8. The molecule has 0 aliphatic heterocycles. The summed E-state index contributed by atoms with van der Waals surface area (Å²) in [5.74, 6) is -0.199. The fourth-order valence-electron chi connectivity index (χ4n) is 3.41. The van der Waals surface area contributed by atoms with Gasteiger partial charge in [0.25, 0.3) is 5.91 Å². The first-order valence-corrected chi connectivity index (χ1v) is 11.6. The summed E-state index contributed by atoms with van der Waals surface area (Å²) in [5.41, 5.74) is 1.38. The smallest absolute Gasteiger partial charge is 0.252 e. The zero-order valence-electron chi connectivity index (χ0n) is 17.5. The molecule has 0 atom stereocenters. The molecule has 0 saturated heterocycles. The van der Waals surface area contributed by atoms with Crippen LogP contribution in [-0.2, 0) is 9.98 Å². The van der Waals surface area contributed by atoms with Gasteiger partial charge in [-0.25, -0.2) is 0 Å². The van der Waals surface area contributed by atoms with Crippen LogP contribution in [0.4, 0.5) is 0 Å². The molecule has 29 heavy (non-hydrogen) atoms. The van der Waals surface area contributed by atoms with Gasteiger partial charge in [0.15, 0.2) is 7.14 Å². The summed E-state index contributed by atoms with van der Waals surface area (Å²) in [6, 6.07) is 24.7. The van der Waals surface area contributed by atoms with Crippen LogP contribution in [0.25, 0.3) is 0 Å². The van der Waals surface area contributed by atoms with Crippen molar-refractivity contribution in [3.63, 3.8) is 0 Å². The Bertz CT molecular complexity index is 994. The summed E-state index contributed by atoms with van der Waals surface area (Å²) < 4.78 is 14.8. The third-order valence-corrected chi connectivity index (χ3v) is 8.12. The van der Waals surface area contributed by atoms with E-state index in [9.17, 15) is 9.36 Å². The molecule has 3 rings (SSSR count). The van der Waals surface area contributed by atoms with Crippen LogP contribution in [0.3, 0.4) is 0 Å². The molecular weight excluding hydrogens is 377 g/mol. The van der Waals surface area contributed by atoms with E-state index in [2.05, 4.69) is 26.1 Å². The number of carbonyl (C=O) groups excluding carboxylic acids is 1. The zero-order valence-corrected chi connectivity index (χ0v) is 18.4. The van der Waals surface area contributed by atoms with E-state index in [0.29, 0.717) is 17.4 Å². The lowest BCUT2D eigenvalue weighted by Crippen LogP contribution is -2.34. The standard InChI is InChI=1S/C25H28NO2P/c1-5-26-24(27)22-17-16-19(25(2,3)4)18-23(22)29(28,20-12-8-6-9-13-20)21-14-10-7-11-15-21/h6-18H,5H2,1-4H3,(H,26,27). The first kappa shape index (κ1) is 21.1. The minimum Gasteiger partial charge on any atom is -0.352 e. The van der Waals surface area contributed by atoms with Gasteiger partial charge in [-0.05, 0) is 30.0 Å². The first-order valence-electron chi connectivity index (χ1n) is 9.93. The molecule has 4 heteroatoms. The molecule has 0 saturated carbocycles. The number of hydrogen-bond donors (Lipinski definition) is 1. The molecule has 1 amide bonds. The van der Waals surface area contributed by atoms with Crippen LogP contribution in [0.15, 0.2) is 78.9 Å². The molecule has 0 fully saturated rings. The summed E-state index contributed by atoms with van der Waals surface area (Å²) >= 11 is 0. The number of hydrogen-bond acceptors (Lipinski definition) is 2. The monoisotopic (exact) mass is 405 g/mol. The van der Waals surface area contributed by atoms with E-state index in [1.54, 1.807) is 0 Å². The molecular formula is C25H28NO2P. The van der Waals surface area contributed by atoms with Gasteiger partial charge in [0.2, 0.25) is 0 Å². The lowest BCUT2D eigenvalue weighted by molar-refractivity contribution is 0.0957. The van der Waals surface area contributed by atoms with Crippen molar-refractivity contribution >= 4 is 29.0 Å². The van der Waals surface area contributed by atoms with Gasteiger partial charge in [-0.15, -0.1) is 0 Å². The Morgan fingerprint density at radius 2 is 1.38 bits per heavy atom. The lowest BCUT2D eigenvalue weighted by atomic mass is 9.86. The predicted octanol–water partition coefficient (Wildman–Crippen LogP) is 4.37. The van der Waals surface area contributed by atoms with Crippen molar-refractivity contribution in [3.05, 3.63) is 90.0 Å². The van der Waals surface area contributed by atoms with Crippen molar-refractivity contribution in [2.75, 3.05) is 6.54 Å². The quantitative estimate of drug-likeness (QED) is 0.641. The predicted molar refractivity (Wildman–Crippen MR) is 123 cm³/mol. The summed E-state index contributed by atoms with van der Waals surface area (Å²) in [7, 11) is -3.25. The number of benzene rings is 3. The van der Waals surface area contributed by atoms with E-state index in [1.165, 1.54) is 0 Å². The topological polar surface area (TPSA) is 46.2 Å². The van der Waals surface area contributed by atoms with Gasteiger partial charge < -0.3 is 9.88 Å². The molecule has 0 bridgehead atoms. The van der Waals surface area contributed by atoms with E-state index in [1.807, 2.05) is 85.8 Å². The van der Waals surface area contributed by atoms with Crippen LogP contribution in [0.5, 0.6) is 0 Å². The highest BCUT2D eigenvalue weighted by atomic mass is 31.2. The third-order valence-electron chi connectivity index (χ3n) is 5.02. The molecule has 0 aromatic heterocycles. The highest BCUT2D eigenvalue weighted by Gasteiger charge is 2.34. The van der Waals surface area contributed by atoms with E-state index in [4.69, 9.17) is 0 Å². The first-order chi connectivity index (χ1) is 13.8. The SMILES string of the molecule is CCNC(=O)c1ccc(C(C)(C)C)cc1P(=O)(c1ccccc1)c1ccccc1. The molecule has 1 N–H and O–H groups in total. The molecule has 3 aromatic rings. The molecule has 0 heterocycles. The van der Waals surface area contributed by atoms with Gasteiger partial charge in [-0.2, -0.15) is 0 Å². The Morgan fingerprint density at radius 1 is 0.862 bits per heavy atom. The molecule has 0 aliphatic rings. The summed E-state index contributed by atoms with van der Waals surface area (Å²) in [6.07, 6.45) is 0. The van der Waals surface area contributed by atoms with Crippen LogP contribution < -0.4 is 21.2 Å². The van der Waals surface area contributed by atoms with Gasteiger partial charge in [0.1, 0.15) is 0 Å². The van der Waals surface area contributed by atoms with Crippen molar-refractivity contribution in [2.45, 2.75) is 33.1 Å². The molecule has 150 valence electrons. The van der Waals surface area contributed by atoms with Crippen molar-refractivity contribution in [3.8, 4) is 0 Å². The largest absolute Gasteiger partial charge is 0.352 e. The van der Waals surface area contributed by atoms with E-state index in [-0.39, 0.29) is 11.3 Å². The third kappa shape index (κ3) is 4.21. The van der Waals surface area contributed by atoms with Gasteiger partial charge in [0.05, 0.1) is 5.56 Å². The number of nitrogens with one attached hydrogen (secondary N) is 1. The van der Waals surface area contributed by atoms with Crippen LogP contribution in [-0.4, -0.2) is 12.5 Å². The maximum absolute atomic E-state index is 14.8. The van der Waals surface area contributed by atoms with Gasteiger partial charge in [0, 0.05) is 22.5 Å². The Morgan fingerprint density at radius 3 is 1.83 bits per heavy atom. The van der Waals surface area contributed by atoms with Crippen molar-refractivity contribution in [1.82, 2.24) is 5.32 Å². The van der Waals surface area contributed by atoms with Gasteiger partial charge >= 0.3 is 0 Å². The van der Waals surface area contributed by atoms with Crippen molar-refractivity contribution < 1.29 is 9.36 Å². The highest BCUT2D eigenvalue weighted by molar-refractivity contribution is 7.85. The Balaban J connectivity index is 2.38. The lowest BCUT2D eigenvalue weighted by Gasteiger charge is -2.26. The minimum absolute atomic E-state index is 0.132. The van der Waals surface area contributed by atoms with Gasteiger partial charge in [-0.3, -0.25) is 4.79 Å². The zero-order chi connectivity index (χ0) is 21.1. The number of amides is 1. The second kappa shape index (κ2) is 8.39. The van der Waals surface area contributed by atoms with E-state index < -0.39 is 7.14 Å². The van der Waals surface area contributed by atoms with Crippen molar-refractivity contribution in [2.24, 2.45) is 0 Å². The van der Waals surface area contributed by atoms with E-state index >= 15 is 0 Å². The Hall–Kier alpha value is -2.64. The van der Waals surface area contributed by atoms with Crippen LogP contribution in [0.2, 0.25) is 0 Å². The Kier molecular flexibility index (Phi) is 6.10. The minimum atomic E-state index is -3.25. The van der Waals surface area contributed by atoms with E-state index in [0.717, 1.165) is 16.2 Å². The average Bonchev–Trinajstić information content (AvgIpc) is 2.73. The average molecular weight is 405 g/mol. The van der Waals surface area contributed by atoms with Crippen LogP contribution in [0, 0.1) is 0 Å². The van der Waals surface area contributed by atoms with Crippen LogP contribution in [0.1, 0.15) is 43.6 Å². The van der Waals surface area contributed by atoms with Crippen LogP contribution >= 0.6 is 7.14 Å². The molecule has 0 aliphatic carbocycles. The Labute approximate surface area is 173 Å². The highest BCUT2D eigenvalue weighted by Crippen LogP contribution is 2.44. The molecule has 0 radical (unpaired) electrons. The van der Waals surface area contributed by atoms with Crippen molar-refractivity contribution in [1.29, 1.82) is 0 Å². The molecule has 0 unspecified atom stereocenters. The maximum Gasteiger partial charge on any atom is 0.252 e. The normalized spacial score (nSPS) is 11.9. The molecule has 3 aromatic carbocycles. The summed E-state index contributed by atoms with van der Waals surface area (Å²) in [4.78, 5) is 12.9. The second-order valence-corrected chi connectivity index (χ2v) is 10.9. The summed E-state index contributed by atoms with van der Waals surface area (Å²) in [5, 5.41) is 4.92. The molecule has 3 nitrogen and oxygen atoms in total. The summed E-state index contributed by atoms with van der Waals surface area (Å²) in [6.45, 7) is 8.75. The number of carbonyl (C=O) groups is 1.